The van der Waals surface area contributed by atoms with E-state index in [0.717, 1.165) is 36.2 Å². The number of nitrogens with zero attached hydrogens (tertiary/aromatic N) is 1. The zero-order chi connectivity index (χ0) is 17.3. The van der Waals surface area contributed by atoms with E-state index in [9.17, 15) is 18.0 Å². The highest BCUT2D eigenvalue weighted by Crippen LogP contribution is 2.32. The van der Waals surface area contributed by atoms with E-state index in [4.69, 9.17) is 0 Å². The Balaban J connectivity index is 1.86. The summed E-state index contributed by atoms with van der Waals surface area (Å²) in [5.74, 6) is -0.570. The minimum atomic E-state index is -4.74. The molecule has 2 aromatic carbocycles. The Labute approximate surface area is 137 Å². The monoisotopic (exact) mass is 335 g/mol. The molecule has 0 saturated carbocycles. The number of alkyl halides is 3. The Morgan fingerprint density at radius 1 is 1.12 bits per heavy atom. The van der Waals surface area contributed by atoms with Gasteiger partial charge in [-0.25, -0.2) is 0 Å². The number of hydrogen-bond acceptors (Lipinski definition) is 2. The molecule has 2 aromatic rings. The summed E-state index contributed by atoms with van der Waals surface area (Å²) in [5, 5.41) is 0. The van der Waals surface area contributed by atoms with Crippen LogP contribution >= 0.6 is 0 Å². The number of fused-ring (bicyclic) bond motifs is 1. The van der Waals surface area contributed by atoms with Crippen LogP contribution in [-0.2, 0) is 6.42 Å². The van der Waals surface area contributed by atoms with Crippen molar-refractivity contribution in [1.29, 1.82) is 0 Å². The topological polar surface area (TPSA) is 29.5 Å². The van der Waals surface area contributed by atoms with Crippen molar-refractivity contribution in [2.75, 3.05) is 4.90 Å². The van der Waals surface area contributed by atoms with E-state index >= 15 is 0 Å². The van der Waals surface area contributed by atoms with Gasteiger partial charge in [0.2, 0.25) is 0 Å². The highest BCUT2D eigenvalue weighted by Gasteiger charge is 2.32. The Morgan fingerprint density at radius 2 is 1.79 bits per heavy atom. The van der Waals surface area contributed by atoms with Gasteiger partial charge in [-0.1, -0.05) is 18.2 Å². The van der Waals surface area contributed by atoms with Crippen LogP contribution in [0.25, 0.3) is 0 Å². The summed E-state index contributed by atoms with van der Waals surface area (Å²) in [4.78, 5) is 14.5. The molecule has 1 atom stereocenters. The quantitative estimate of drug-likeness (QED) is 0.805. The van der Waals surface area contributed by atoms with Crippen LogP contribution in [0.4, 0.5) is 18.9 Å². The molecular formula is C18H16F3NO2. The second-order valence-corrected chi connectivity index (χ2v) is 5.76. The molecule has 1 aliphatic heterocycles. The second kappa shape index (κ2) is 6.19. The summed E-state index contributed by atoms with van der Waals surface area (Å²) in [7, 11) is 0. The predicted octanol–water partition coefficient (Wildman–Crippen LogP) is 4.57. The second-order valence-electron chi connectivity index (χ2n) is 5.76. The summed E-state index contributed by atoms with van der Waals surface area (Å²) in [6.07, 6.45) is -3.00. The van der Waals surface area contributed by atoms with Crippen molar-refractivity contribution < 1.29 is 22.7 Å². The molecule has 0 fully saturated rings. The summed E-state index contributed by atoms with van der Waals surface area (Å²) in [6.45, 7) is 1.97. The molecule has 0 aliphatic carbocycles. The molecule has 1 heterocycles. The van der Waals surface area contributed by atoms with Crippen molar-refractivity contribution in [3.63, 3.8) is 0 Å². The zero-order valence-corrected chi connectivity index (χ0v) is 13.0. The lowest BCUT2D eigenvalue weighted by Gasteiger charge is -2.35. The van der Waals surface area contributed by atoms with Gasteiger partial charge in [0.15, 0.2) is 0 Å². The van der Waals surface area contributed by atoms with E-state index in [1.807, 2.05) is 31.2 Å². The fourth-order valence-corrected chi connectivity index (χ4v) is 2.94. The fourth-order valence-electron chi connectivity index (χ4n) is 2.94. The van der Waals surface area contributed by atoms with Gasteiger partial charge in [-0.15, -0.1) is 13.2 Å². The molecule has 0 saturated heterocycles. The van der Waals surface area contributed by atoms with Crippen LogP contribution in [0.15, 0.2) is 48.5 Å². The lowest BCUT2D eigenvalue weighted by Crippen LogP contribution is -2.42. The molecule has 0 spiro atoms. The molecule has 0 bridgehead atoms. The van der Waals surface area contributed by atoms with E-state index in [1.165, 1.54) is 12.1 Å². The number of aryl methyl sites for hydroxylation is 1. The molecule has 3 nitrogen and oxygen atoms in total. The number of halogens is 3. The molecule has 0 radical (unpaired) electrons. The van der Waals surface area contributed by atoms with Crippen LogP contribution in [-0.4, -0.2) is 18.3 Å². The third-order valence-electron chi connectivity index (χ3n) is 4.08. The van der Waals surface area contributed by atoms with Gasteiger partial charge in [-0.05, 0) is 55.7 Å². The zero-order valence-electron chi connectivity index (χ0n) is 13.0. The normalized spacial score (nSPS) is 17.3. The molecule has 126 valence electrons. The number of ether oxygens (including phenoxy) is 1. The van der Waals surface area contributed by atoms with Gasteiger partial charge in [-0.2, -0.15) is 0 Å². The largest absolute Gasteiger partial charge is 0.573 e. The Kier molecular flexibility index (Phi) is 4.22. The number of carbonyl (C=O) groups is 1. The number of rotatable bonds is 2. The predicted molar refractivity (Wildman–Crippen MR) is 84.2 cm³/mol. The van der Waals surface area contributed by atoms with Gasteiger partial charge in [0.05, 0.1) is 0 Å². The smallest absolute Gasteiger partial charge is 0.406 e. The third kappa shape index (κ3) is 3.37. The molecule has 0 aromatic heterocycles. The molecule has 3 rings (SSSR count). The molecule has 6 heteroatoms. The van der Waals surface area contributed by atoms with Gasteiger partial charge in [0, 0.05) is 17.3 Å². The number of hydrogen-bond donors (Lipinski definition) is 0. The highest BCUT2D eigenvalue weighted by molar-refractivity contribution is 6.07. The summed E-state index contributed by atoms with van der Waals surface area (Å²) < 4.78 is 40.5. The molecular weight excluding hydrogens is 319 g/mol. The van der Waals surface area contributed by atoms with Crippen molar-refractivity contribution in [3.8, 4) is 5.75 Å². The van der Waals surface area contributed by atoms with E-state index in [0.29, 0.717) is 5.56 Å². The van der Waals surface area contributed by atoms with Crippen LogP contribution in [0.2, 0.25) is 0 Å². The van der Waals surface area contributed by atoms with E-state index in [1.54, 1.807) is 4.90 Å². The van der Waals surface area contributed by atoms with E-state index < -0.39 is 6.36 Å². The van der Waals surface area contributed by atoms with Crippen LogP contribution < -0.4 is 9.64 Å². The molecule has 0 N–H and O–H groups in total. The first-order valence-electron chi connectivity index (χ1n) is 7.62. The van der Waals surface area contributed by atoms with Gasteiger partial charge >= 0.3 is 6.36 Å². The van der Waals surface area contributed by atoms with Gasteiger partial charge in [0.25, 0.3) is 5.91 Å². The van der Waals surface area contributed by atoms with Crippen LogP contribution in [0.5, 0.6) is 5.75 Å². The molecule has 24 heavy (non-hydrogen) atoms. The van der Waals surface area contributed by atoms with Crippen molar-refractivity contribution in [3.05, 3.63) is 59.7 Å². The minimum absolute atomic E-state index is 0.0264. The fraction of sp³-hybridized carbons (Fsp3) is 0.278. The maximum Gasteiger partial charge on any atom is 0.573 e. The maximum absolute atomic E-state index is 12.8. The van der Waals surface area contributed by atoms with Gasteiger partial charge in [-0.3, -0.25) is 4.79 Å². The van der Waals surface area contributed by atoms with Crippen molar-refractivity contribution >= 4 is 11.6 Å². The summed E-state index contributed by atoms with van der Waals surface area (Å²) in [6, 6.07) is 12.7. The van der Waals surface area contributed by atoms with Crippen LogP contribution in [0.3, 0.4) is 0 Å². The number of benzene rings is 2. The first kappa shape index (κ1) is 16.4. The van der Waals surface area contributed by atoms with E-state index in [2.05, 4.69) is 4.74 Å². The third-order valence-corrected chi connectivity index (χ3v) is 4.08. The molecule has 1 amide bonds. The summed E-state index contributed by atoms with van der Waals surface area (Å²) >= 11 is 0. The first-order valence-corrected chi connectivity index (χ1v) is 7.62. The Bertz CT molecular complexity index is 741. The molecule has 1 aliphatic rings. The SMILES string of the molecule is CC1CCc2ccccc2N1C(=O)c1ccc(OC(F)(F)F)cc1. The molecule has 1 unspecified atom stereocenters. The number of carbonyl (C=O) groups excluding carboxylic acids is 1. The number of anilines is 1. The average molecular weight is 335 g/mol. The highest BCUT2D eigenvalue weighted by atomic mass is 19.4. The number of para-hydroxylation sites is 1. The van der Waals surface area contributed by atoms with Gasteiger partial charge < -0.3 is 9.64 Å². The first-order chi connectivity index (χ1) is 11.3. The average Bonchev–Trinajstić information content (AvgIpc) is 2.53. The Morgan fingerprint density at radius 3 is 2.46 bits per heavy atom. The van der Waals surface area contributed by atoms with E-state index in [-0.39, 0.29) is 17.7 Å². The maximum atomic E-state index is 12.8. The van der Waals surface area contributed by atoms with Gasteiger partial charge in [0.1, 0.15) is 5.75 Å². The van der Waals surface area contributed by atoms with Crippen molar-refractivity contribution in [2.45, 2.75) is 32.2 Å². The standard InChI is InChI=1S/C18H16F3NO2/c1-12-6-7-13-4-2-3-5-16(13)22(12)17(23)14-8-10-15(11-9-14)24-18(19,20)21/h2-5,8-12H,6-7H2,1H3. The van der Waals surface area contributed by atoms with Crippen LogP contribution in [0, 0.1) is 0 Å². The van der Waals surface area contributed by atoms with Crippen molar-refractivity contribution in [1.82, 2.24) is 0 Å². The lowest BCUT2D eigenvalue weighted by molar-refractivity contribution is -0.274. The van der Waals surface area contributed by atoms with Crippen molar-refractivity contribution in [2.24, 2.45) is 0 Å². The minimum Gasteiger partial charge on any atom is -0.406 e. The summed E-state index contributed by atoms with van der Waals surface area (Å²) in [5.41, 5.74) is 2.28. The van der Waals surface area contributed by atoms with Crippen LogP contribution in [0.1, 0.15) is 29.3 Å². The Hall–Kier alpha value is -2.50. The lowest BCUT2D eigenvalue weighted by atomic mass is 9.96. The number of amides is 1.